The second-order valence-electron chi connectivity index (χ2n) is 7.36. The molecule has 1 amide bonds. The average molecular weight is 420 g/mol. The molecule has 1 N–H and O–H groups in total. The zero-order valence-electron chi connectivity index (χ0n) is 17.6. The van der Waals surface area contributed by atoms with E-state index in [4.69, 9.17) is 19.2 Å². The lowest BCUT2D eigenvalue weighted by molar-refractivity contribution is -0.119. The molecule has 0 bridgehead atoms. The molecule has 0 atom stereocenters. The summed E-state index contributed by atoms with van der Waals surface area (Å²) in [6.45, 7) is -0.399. The molecular formula is C24H24N2O5. The van der Waals surface area contributed by atoms with Gasteiger partial charge in [0.05, 0.1) is 31.0 Å². The van der Waals surface area contributed by atoms with Gasteiger partial charge in [0.25, 0.3) is 5.91 Å². The van der Waals surface area contributed by atoms with Gasteiger partial charge in [0.15, 0.2) is 6.61 Å². The lowest BCUT2D eigenvalue weighted by Crippen LogP contribution is -2.23. The number of hydrogen-bond donors (Lipinski definition) is 1. The highest BCUT2D eigenvalue weighted by Gasteiger charge is 2.20. The van der Waals surface area contributed by atoms with Crippen molar-refractivity contribution in [3.8, 4) is 11.5 Å². The van der Waals surface area contributed by atoms with Gasteiger partial charge in [-0.25, -0.2) is 4.79 Å². The van der Waals surface area contributed by atoms with E-state index in [0.717, 1.165) is 53.5 Å². The second kappa shape index (κ2) is 9.04. The molecule has 160 valence electrons. The normalized spacial score (nSPS) is 12.7. The van der Waals surface area contributed by atoms with Gasteiger partial charge in [0.1, 0.15) is 11.5 Å². The zero-order chi connectivity index (χ0) is 21.8. The van der Waals surface area contributed by atoms with Gasteiger partial charge in [-0.2, -0.15) is 0 Å². The van der Waals surface area contributed by atoms with E-state index >= 15 is 0 Å². The molecule has 0 radical (unpaired) electrons. The zero-order valence-corrected chi connectivity index (χ0v) is 17.6. The number of rotatable bonds is 6. The maximum atomic E-state index is 12.7. The number of fused-ring (bicyclic) bond motifs is 2. The number of carbonyl (C=O) groups is 2. The Hall–Kier alpha value is -3.61. The summed E-state index contributed by atoms with van der Waals surface area (Å²) in [5.74, 6) is -0.0995. The first kappa shape index (κ1) is 20.7. The van der Waals surface area contributed by atoms with E-state index < -0.39 is 18.5 Å². The Morgan fingerprint density at radius 2 is 1.71 bits per heavy atom. The summed E-state index contributed by atoms with van der Waals surface area (Å²) >= 11 is 0. The predicted octanol–water partition coefficient (Wildman–Crippen LogP) is 3.93. The minimum atomic E-state index is -0.631. The molecule has 1 aliphatic rings. The number of nitrogens with zero attached hydrogens (tertiary/aromatic N) is 1. The Balaban J connectivity index is 1.51. The molecule has 0 saturated carbocycles. The van der Waals surface area contributed by atoms with Crippen LogP contribution in [0.25, 0.3) is 10.9 Å². The van der Waals surface area contributed by atoms with E-state index in [-0.39, 0.29) is 5.56 Å². The minimum absolute atomic E-state index is 0.246. The molecule has 1 aromatic heterocycles. The Morgan fingerprint density at radius 1 is 1.00 bits per heavy atom. The third-order valence-corrected chi connectivity index (χ3v) is 5.36. The fraction of sp³-hybridized carbons (Fsp3) is 0.292. The predicted molar refractivity (Wildman–Crippen MR) is 117 cm³/mol. The van der Waals surface area contributed by atoms with Gasteiger partial charge in [0.2, 0.25) is 0 Å². The molecule has 3 aromatic rings. The van der Waals surface area contributed by atoms with Crippen molar-refractivity contribution in [2.24, 2.45) is 0 Å². The summed E-state index contributed by atoms with van der Waals surface area (Å²) in [5.41, 5.74) is 3.96. The van der Waals surface area contributed by atoms with Gasteiger partial charge in [-0.15, -0.1) is 0 Å². The molecule has 0 spiro atoms. The van der Waals surface area contributed by atoms with E-state index in [1.807, 2.05) is 24.3 Å². The van der Waals surface area contributed by atoms with Crippen molar-refractivity contribution in [2.45, 2.75) is 25.7 Å². The lowest BCUT2D eigenvalue weighted by atomic mass is 9.92. The first-order valence-corrected chi connectivity index (χ1v) is 10.2. The topological polar surface area (TPSA) is 86.8 Å². The summed E-state index contributed by atoms with van der Waals surface area (Å²) in [5, 5.41) is 3.85. The molecule has 0 unspecified atom stereocenters. The fourth-order valence-electron chi connectivity index (χ4n) is 3.83. The van der Waals surface area contributed by atoms with Crippen molar-refractivity contribution in [2.75, 3.05) is 26.1 Å². The van der Waals surface area contributed by atoms with Crippen LogP contribution in [-0.4, -0.2) is 37.7 Å². The van der Waals surface area contributed by atoms with Crippen LogP contribution in [0.4, 0.5) is 5.69 Å². The summed E-state index contributed by atoms with van der Waals surface area (Å²) in [6, 6.07) is 12.5. The summed E-state index contributed by atoms with van der Waals surface area (Å²) in [4.78, 5) is 29.9. The molecule has 2 aromatic carbocycles. The lowest BCUT2D eigenvalue weighted by Gasteiger charge is -2.21. The van der Waals surface area contributed by atoms with E-state index in [2.05, 4.69) is 5.32 Å². The van der Waals surface area contributed by atoms with Crippen molar-refractivity contribution in [1.82, 2.24) is 4.98 Å². The fourth-order valence-corrected chi connectivity index (χ4v) is 3.83. The maximum absolute atomic E-state index is 12.7. The first-order chi connectivity index (χ1) is 15.1. The number of amides is 1. The summed E-state index contributed by atoms with van der Waals surface area (Å²) < 4.78 is 15.6. The van der Waals surface area contributed by atoms with Crippen molar-refractivity contribution >= 4 is 28.5 Å². The van der Waals surface area contributed by atoms with Crippen LogP contribution in [0.2, 0.25) is 0 Å². The molecule has 7 nitrogen and oxygen atoms in total. The number of para-hydroxylation sites is 1. The number of anilines is 1. The smallest absolute Gasteiger partial charge is 0.338 e. The molecule has 1 heterocycles. The molecule has 0 aliphatic heterocycles. The number of nitrogens with one attached hydrogen (secondary N) is 1. The molecule has 1 aliphatic carbocycles. The number of ether oxygens (including phenoxy) is 3. The highest BCUT2D eigenvalue weighted by molar-refractivity contribution is 6.03. The van der Waals surface area contributed by atoms with Crippen molar-refractivity contribution in [3.05, 3.63) is 59.3 Å². The average Bonchev–Trinajstić information content (AvgIpc) is 2.81. The first-order valence-electron chi connectivity index (χ1n) is 10.2. The highest BCUT2D eigenvalue weighted by Crippen LogP contribution is 2.33. The number of methoxy groups -OCH3 is 2. The Bertz CT molecular complexity index is 1120. The monoisotopic (exact) mass is 420 g/mol. The molecule has 7 heteroatoms. The quantitative estimate of drug-likeness (QED) is 0.608. The van der Waals surface area contributed by atoms with Crippen LogP contribution in [-0.2, 0) is 22.4 Å². The van der Waals surface area contributed by atoms with E-state index in [9.17, 15) is 9.59 Å². The Labute approximate surface area is 180 Å². The van der Waals surface area contributed by atoms with Gasteiger partial charge >= 0.3 is 5.97 Å². The molecular weight excluding hydrogens is 396 g/mol. The molecule has 0 fully saturated rings. The second-order valence-corrected chi connectivity index (χ2v) is 7.36. The van der Waals surface area contributed by atoms with Crippen LogP contribution in [0.1, 0.15) is 34.5 Å². The van der Waals surface area contributed by atoms with E-state index in [0.29, 0.717) is 11.5 Å². The Morgan fingerprint density at radius 3 is 2.45 bits per heavy atom. The van der Waals surface area contributed by atoms with Crippen LogP contribution in [0.5, 0.6) is 11.5 Å². The van der Waals surface area contributed by atoms with Crippen LogP contribution in [0, 0.1) is 0 Å². The van der Waals surface area contributed by atoms with Crippen molar-refractivity contribution < 1.29 is 23.8 Å². The van der Waals surface area contributed by atoms with E-state index in [1.165, 1.54) is 26.4 Å². The summed E-state index contributed by atoms with van der Waals surface area (Å²) in [7, 11) is 2.99. The van der Waals surface area contributed by atoms with Gasteiger partial charge in [-0.05, 0) is 49.4 Å². The molecule has 4 rings (SSSR count). The van der Waals surface area contributed by atoms with Crippen LogP contribution < -0.4 is 14.8 Å². The van der Waals surface area contributed by atoms with Crippen molar-refractivity contribution in [1.29, 1.82) is 0 Å². The highest BCUT2D eigenvalue weighted by atomic mass is 16.5. The number of pyridine rings is 1. The third kappa shape index (κ3) is 4.45. The number of aryl methyl sites for hydroxylation is 1. The van der Waals surface area contributed by atoms with E-state index in [1.54, 1.807) is 6.07 Å². The van der Waals surface area contributed by atoms with Crippen LogP contribution >= 0.6 is 0 Å². The van der Waals surface area contributed by atoms with Gasteiger partial charge in [-0.1, -0.05) is 18.2 Å². The van der Waals surface area contributed by atoms with Gasteiger partial charge in [-0.3, -0.25) is 9.78 Å². The minimum Gasteiger partial charge on any atom is -0.497 e. The van der Waals surface area contributed by atoms with Crippen LogP contribution in [0.15, 0.2) is 42.5 Å². The standard InChI is InChI=1S/C24H24N2O5/c1-29-16-11-15(12-17(13-16)30-2)24(28)31-14-22(27)26-23-18-7-3-5-9-20(18)25-21-10-6-4-8-19(21)23/h3,5,7,9,11-13H,4,6,8,10,14H2,1-2H3,(H,25,26,27). The molecule has 0 saturated heterocycles. The molecule has 31 heavy (non-hydrogen) atoms. The largest absolute Gasteiger partial charge is 0.497 e. The number of esters is 1. The van der Waals surface area contributed by atoms with Crippen molar-refractivity contribution in [3.63, 3.8) is 0 Å². The van der Waals surface area contributed by atoms with Gasteiger partial charge < -0.3 is 19.5 Å². The number of benzene rings is 2. The number of aromatic nitrogens is 1. The Kier molecular flexibility index (Phi) is 6.02. The number of carbonyl (C=O) groups excluding carboxylic acids is 2. The van der Waals surface area contributed by atoms with Gasteiger partial charge in [0, 0.05) is 17.1 Å². The van der Waals surface area contributed by atoms with Crippen LogP contribution in [0.3, 0.4) is 0 Å². The SMILES string of the molecule is COc1cc(OC)cc(C(=O)OCC(=O)Nc2c3c(nc4ccccc24)CCCC3)c1. The third-order valence-electron chi connectivity index (χ3n) is 5.36. The maximum Gasteiger partial charge on any atom is 0.338 e. The number of hydrogen-bond acceptors (Lipinski definition) is 6. The summed E-state index contributed by atoms with van der Waals surface area (Å²) in [6.07, 6.45) is 3.91.